The lowest BCUT2D eigenvalue weighted by Crippen LogP contribution is -2.32. The number of hydrogen-bond acceptors (Lipinski definition) is 5. The minimum Gasteiger partial charge on any atom is -0.496 e. The predicted molar refractivity (Wildman–Crippen MR) is 90.0 cm³/mol. The fourth-order valence-corrected chi connectivity index (χ4v) is 1.94. The van der Waals surface area contributed by atoms with E-state index in [1.165, 1.54) is 0 Å². The molecule has 0 radical (unpaired) electrons. The maximum absolute atomic E-state index is 11.7. The van der Waals surface area contributed by atoms with Crippen LogP contribution in [0.3, 0.4) is 0 Å². The summed E-state index contributed by atoms with van der Waals surface area (Å²) in [5, 5.41) is 2.73. The van der Waals surface area contributed by atoms with Crippen LogP contribution in [0, 0.1) is 0 Å². The molecule has 0 fully saturated rings. The summed E-state index contributed by atoms with van der Waals surface area (Å²) in [7, 11) is 3.15. The highest BCUT2D eigenvalue weighted by Crippen LogP contribution is 2.27. The van der Waals surface area contributed by atoms with Gasteiger partial charge in [-0.2, -0.15) is 0 Å². The number of carbonyl (C=O) groups is 1. The highest BCUT2D eigenvalue weighted by atomic mass is 16.5. The van der Waals surface area contributed by atoms with E-state index in [-0.39, 0.29) is 12.5 Å². The van der Waals surface area contributed by atoms with Crippen LogP contribution in [0.1, 0.15) is 0 Å². The van der Waals surface area contributed by atoms with Gasteiger partial charge in [-0.25, -0.2) is 0 Å². The van der Waals surface area contributed by atoms with Gasteiger partial charge in [0.05, 0.1) is 20.8 Å². The van der Waals surface area contributed by atoms with Gasteiger partial charge < -0.3 is 24.3 Å². The molecule has 0 atom stereocenters. The van der Waals surface area contributed by atoms with Gasteiger partial charge in [0.1, 0.15) is 29.6 Å². The van der Waals surface area contributed by atoms with Crippen molar-refractivity contribution in [3.05, 3.63) is 48.5 Å². The molecule has 1 amide bonds. The lowest BCUT2D eigenvalue weighted by molar-refractivity contribution is -0.123. The summed E-state index contributed by atoms with van der Waals surface area (Å²) in [6, 6.07) is 14.4. The summed E-state index contributed by atoms with van der Waals surface area (Å²) in [6.45, 7) is 0.668. The first-order valence-corrected chi connectivity index (χ1v) is 7.51. The van der Waals surface area contributed by atoms with Crippen molar-refractivity contribution in [1.82, 2.24) is 5.32 Å². The number of nitrogens with one attached hydrogen (secondary N) is 1. The maximum atomic E-state index is 11.7. The molecule has 0 unspecified atom stereocenters. The molecule has 2 aromatic carbocycles. The molecule has 6 nitrogen and oxygen atoms in total. The second-order valence-electron chi connectivity index (χ2n) is 4.85. The van der Waals surface area contributed by atoms with Gasteiger partial charge >= 0.3 is 0 Å². The van der Waals surface area contributed by atoms with Crippen molar-refractivity contribution in [1.29, 1.82) is 0 Å². The third-order valence-corrected chi connectivity index (χ3v) is 3.13. The van der Waals surface area contributed by atoms with Gasteiger partial charge in [0, 0.05) is 18.2 Å². The van der Waals surface area contributed by atoms with Crippen LogP contribution in [0.5, 0.6) is 23.0 Å². The molecule has 2 aromatic rings. The molecule has 0 bridgehead atoms. The van der Waals surface area contributed by atoms with Gasteiger partial charge in [0.25, 0.3) is 5.91 Å². The first-order chi connectivity index (χ1) is 11.7. The zero-order chi connectivity index (χ0) is 17.2. The van der Waals surface area contributed by atoms with Gasteiger partial charge in [-0.1, -0.05) is 18.2 Å². The number of carbonyl (C=O) groups excluding carboxylic acids is 1. The maximum Gasteiger partial charge on any atom is 0.258 e. The van der Waals surface area contributed by atoms with Crippen LogP contribution < -0.4 is 24.3 Å². The number of rotatable bonds is 9. The minimum absolute atomic E-state index is 0.0308. The minimum atomic E-state index is -0.203. The Labute approximate surface area is 141 Å². The zero-order valence-electron chi connectivity index (χ0n) is 13.8. The Hall–Kier alpha value is -2.89. The monoisotopic (exact) mass is 331 g/mol. The molecule has 2 rings (SSSR count). The third-order valence-electron chi connectivity index (χ3n) is 3.13. The van der Waals surface area contributed by atoms with Crippen LogP contribution in [-0.2, 0) is 4.79 Å². The van der Waals surface area contributed by atoms with Crippen LogP contribution in [0.15, 0.2) is 48.5 Å². The van der Waals surface area contributed by atoms with Crippen LogP contribution >= 0.6 is 0 Å². The lowest BCUT2D eigenvalue weighted by atomic mass is 10.3. The Morgan fingerprint density at radius 1 is 0.875 bits per heavy atom. The Balaban J connectivity index is 1.69. The standard InChI is InChI=1S/C18H21NO5/c1-21-15-10-16(22-2)12-17(11-15)23-9-8-19-18(20)13-24-14-6-4-3-5-7-14/h3-7,10-12H,8-9,13H2,1-2H3,(H,19,20). The summed E-state index contributed by atoms with van der Waals surface area (Å²) < 4.78 is 21.3. The smallest absolute Gasteiger partial charge is 0.258 e. The molecule has 128 valence electrons. The van der Waals surface area contributed by atoms with Crippen LogP contribution in [0.4, 0.5) is 0 Å². The Morgan fingerprint density at radius 3 is 2.12 bits per heavy atom. The number of ether oxygens (including phenoxy) is 4. The van der Waals surface area contributed by atoms with Crippen LogP contribution in [0.25, 0.3) is 0 Å². The molecule has 0 aliphatic carbocycles. The molecule has 24 heavy (non-hydrogen) atoms. The average Bonchev–Trinajstić information content (AvgIpc) is 2.64. The highest BCUT2D eigenvalue weighted by Gasteiger charge is 2.04. The summed E-state index contributed by atoms with van der Waals surface area (Å²) in [5.41, 5.74) is 0. The van der Waals surface area contributed by atoms with E-state index < -0.39 is 0 Å². The van der Waals surface area contributed by atoms with Gasteiger partial charge in [-0.3, -0.25) is 4.79 Å². The van der Waals surface area contributed by atoms with Crippen molar-refractivity contribution in [3.63, 3.8) is 0 Å². The van der Waals surface area contributed by atoms with Crippen molar-refractivity contribution in [2.45, 2.75) is 0 Å². The Bertz CT molecular complexity index is 623. The predicted octanol–water partition coefficient (Wildman–Crippen LogP) is 2.28. The second-order valence-corrected chi connectivity index (χ2v) is 4.85. The van der Waals surface area contributed by atoms with Crippen molar-refractivity contribution in [2.75, 3.05) is 34.0 Å². The average molecular weight is 331 g/mol. The van der Waals surface area contributed by atoms with E-state index in [1.54, 1.807) is 44.6 Å². The number of benzene rings is 2. The van der Waals surface area contributed by atoms with Crippen molar-refractivity contribution in [3.8, 4) is 23.0 Å². The molecule has 0 aromatic heterocycles. The van der Waals surface area contributed by atoms with Crippen molar-refractivity contribution in [2.24, 2.45) is 0 Å². The molecule has 0 saturated heterocycles. The molecular weight excluding hydrogens is 310 g/mol. The highest BCUT2D eigenvalue weighted by molar-refractivity contribution is 5.77. The van der Waals surface area contributed by atoms with E-state index in [0.29, 0.717) is 36.1 Å². The molecule has 0 aliphatic rings. The van der Waals surface area contributed by atoms with E-state index in [9.17, 15) is 4.79 Å². The fraction of sp³-hybridized carbons (Fsp3) is 0.278. The normalized spacial score (nSPS) is 9.92. The first kappa shape index (κ1) is 17.5. The van der Waals surface area contributed by atoms with E-state index in [2.05, 4.69) is 5.32 Å². The molecular formula is C18H21NO5. The van der Waals surface area contributed by atoms with Gasteiger partial charge in [0.2, 0.25) is 0 Å². The zero-order valence-corrected chi connectivity index (χ0v) is 13.8. The molecule has 6 heteroatoms. The second kappa shape index (κ2) is 9.29. The van der Waals surface area contributed by atoms with Gasteiger partial charge in [0.15, 0.2) is 6.61 Å². The Morgan fingerprint density at radius 2 is 1.50 bits per heavy atom. The van der Waals surface area contributed by atoms with Gasteiger partial charge in [-0.05, 0) is 12.1 Å². The van der Waals surface area contributed by atoms with E-state index in [0.717, 1.165) is 0 Å². The lowest BCUT2D eigenvalue weighted by Gasteiger charge is -2.11. The first-order valence-electron chi connectivity index (χ1n) is 7.51. The molecule has 0 aliphatic heterocycles. The number of amides is 1. The summed E-state index contributed by atoms with van der Waals surface area (Å²) in [5.74, 6) is 2.35. The summed E-state index contributed by atoms with van der Waals surface area (Å²) >= 11 is 0. The van der Waals surface area contributed by atoms with Gasteiger partial charge in [-0.15, -0.1) is 0 Å². The Kier molecular flexibility index (Phi) is 6.76. The van der Waals surface area contributed by atoms with Crippen LogP contribution in [-0.4, -0.2) is 39.9 Å². The fourth-order valence-electron chi connectivity index (χ4n) is 1.94. The van der Waals surface area contributed by atoms with E-state index in [4.69, 9.17) is 18.9 Å². The van der Waals surface area contributed by atoms with Crippen molar-refractivity contribution >= 4 is 5.91 Å². The van der Waals surface area contributed by atoms with Crippen molar-refractivity contribution < 1.29 is 23.7 Å². The largest absolute Gasteiger partial charge is 0.496 e. The molecule has 0 saturated carbocycles. The molecule has 1 N–H and O–H groups in total. The van der Waals surface area contributed by atoms with Crippen LogP contribution in [0.2, 0.25) is 0 Å². The number of para-hydroxylation sites is 1. The third kappa shape index (κ3) is 5.72. The molecule has 0 heterocycles. The quantitative estimate of drug-likeness (QED) is 0.714. The number of hydrogen-bond donors (Lipinski definition) is 1. The summed E-state index contributed by atoms with van der Waals surface area (Å²) in [6.07, 6.45) is 0. The summed E-state index contributed by atoms with van der Waals surface area (Å²) in [4.78, 5) is 11.7. The van der Waals surface area contributed by atoms with E-state index in [1.807, 2.05) is 18.2 Å². The topological polar surface area (TPSA) is 66.0 Å². The SMILES string of the molecule is COc1cc(OC)cc(OCCNC(=O)COc2ccccc2)c1. The van der Waals surface area contributed by atoms with E-state index >= 15 is 0 Å². The number of methoxy groups -OCH3 is 2. The molecule has 0 spiro atoms.